The first-order valence-corrected chi connectivity index (χ1v) is 7.17. The highest BCUT2D eigenvalue weighted by atomic mass is 16.5. The number of hydrogen-bond donors (Lipinski definition) is 2. The van der Waals surface area contributed by atoms with E-state index in [0.717, 1.165) is 22.6 Å². The number of hydrogen-bond acceptors (Lipinski definition) is 5. The Kier molecular flexibility index (Phi) is 4.25. The first kappa shape index (κ1) is 15.1. The Balaban J connectivity index is 1.82. The Labute approximate surface area is 134 Å². The molecule has 0 radical (unpaired) electrons. The van der Waals surface area contributed by atoms with Crippen molar-refractivity contribution < 1.29 is 9.47 Å². The maximum atomic E-state index is 6.25. The van der Waals surface area contributed by atoms with Gasteiger partial charge in [-0.1, -0.05) is 12.1 Å². The van der Waals surface area contributed by atoms with Crippen molar-refractivity contribution in [2.24, 2.45) is 5.73 Å². The minimum atomic E-state index is -0.375. The number of benzene rings is 2. The number of nitrogens with zero attached hydrogens (tertiary/aromatic N) is 2. The van der Waals surface area contributed by atoms with Crippen LogP contribution in [0, 0.1) is 0 Å². The van der Waals surface area contributed by atoms with Gasteiger partial charge in [0.25, 0.3) is 0 Å². The second-order valence-electron chi connectivity index (χ2n) is 5.02. The molecule has 0 aliphatic carbocycles. The fourth-order valence-corrected chi connectivity index (χ4v) is 2.25. The van der Waals surface area contributed by atoms with E-state index in [0.29, 0.717) is 11.6 Å². The number of nitrogens with two attached hydrogens (primary N) is 1. The molecular formula is C17H18N4O2. The standard InChI is InChI=1S/C17H18N4O2/c1-22-13-7-3-11(4-8-13)15(18)17-19-16(20-21-17)12-5-9-14(23-2)10-6-12/h3-10,15H,18H2,1-2H3,(H,19,20,21)/t15-/m1/s1. The molecule has 0 aliphatic heterocycles. The van der Waals surface area contributed by atoms with Crippen molar-refractivity contribution in [1.82, 2.24) is 15.2 Å². The van der Waals surface area contributed by atoms with Crippen molar-refractivity contribution >= 4 is 0 Å². The van der Waals surface area contributed by atoms with Crippen molar-refractivity contribution in [3.8, 4) is 22.9 Å². The fourth-order valence-electron chi connectivity index (χ4n) is 2.25. The quantitative estimate of drug-likeness (QED) is 0.756. The van der Waals surface area contributed by atoms with Crippen molar-refractivity contribution in [2.45, 2.75) is 6.04 Å². The van der Waals surface area contributed by atoms with Gasteiger partial charge < -0.3 is 15.2 Å². The predicted octanol–water partition coefficient (Wildman–Crippen LogP) is 2.54. The molecule has 6 nitrogen and oxygen atoms in total. The number of aromatic nitrogens is 3. The summed E-state index contributed by atoms with van der Waals surface area (Å²) >= 11 is 0. The zero-order valence-corrected chi connectivity index (χ0v) is 13.0. The molecule has 3 rings (SSSR count). The third kappa shape index (κ3) is 3.17. The van der Waals surface area contributed by atoms with Gasteiger partial charge in [0, 0.05) is 5.56 Å². The third-order valence-corrected chi connectivity index (χ3v) is 3.62. The van der Waals surface area contributed by atoms with Crippen LogP contribution in [0.2, 0.25) is 0 Å². The van der Waals surface area contributed by atoms with E-state index in [1.165, 1.54) is 0 Å². The minimum Gasteiger partial charge on any atom is -0.497 e. The molecule has 0 spiro atoms. The van der Waals surface area contributed by atoms with E-state index in [1.807, 2.05) is 48.5 Å². The summed E-state index contributed by atoms with van der Waals surface area (Å²) < 4.78 is 10.3. The number of nitrogens with one attached hydrogen (secondary N) is 1. The molecule has 2 aromatic carbocycles. The Bertz CT molecular complexity index is 766. The van der Waals surface area contributed by atoms with Crippen LogP contribution >= 0.6 is 0 Å². The van der Waals surface area contributed by atoms with E-state index < -0.39 is 0 Å². The molecule has 1 aromatic heterocycles. The second kappa shape index (κ2) is 6.50. The highest BCUT2D eigenvalue weighted by Gasteiger charge is 2.15. The first-order chi connectivity index (χ1) is 11.2. The van der Waals surface area contributed by atoms with E-state index in [4.69, 9.17) is 15.2 Å². The normalized spacial score (nSPS) is 12.0. The molecule has 3 N–H and O–H groups in total. The smallest absolute Gasteiger partial charge is 0.181 e. The van der Waals surface area contributed by atoms with Crippen LogP contribution in [-0.2, 0) is 0 Å². The number of ether oxygens (including phenoxy) is 2. The lowest BCUT2D eigenvalue weighted by Gasteiger charge is -2.09. The molecule has 0 amide bonds. The van der Waals surface area contributed by atoms with Gasteiger partial charge in [0.2, 0.25) is 0 Å². The van der Waals surface area contributed by atoms with Gasteiger partial charge in [0.15, 0.2) is 5.82 Å². The zero-order valence-electron chi connectivity index (χ0n) is 13.0. The Morgan fingerprint density at radius 3 is 2.04 bits per heavy atom. The van der Waals surface area contributed by atoms with Gasteiger partial charge in [-0.3, -0.25) is 5.10 Å². The van der Waals surface area contributed by atoms with Crippen LogP contribution in [0.5, 0.6) is 11.5 Å². The monoisotopic (exact) mass is 310 g/mol. The fraction of sp³-hybridized carbons (Fsp3) is 0.176. The molecule has 23 heavy (non-hydrogen) atoms. The summed E-state index contributed by atoms with van der Waals surface area (Å²) in [4.78, 5) is 4.49. The summed E-state index contributed by atoms with van der Waals surface area (Å²) in [5.74, 6) is 2.80. The summed E-state index contributed by atoms with van der Waals surface area (Å²) in [5, 5.41) is 7.15. The predicted molar refractivity (Wildman–Crippen MR) is 87.4 cm³/mol. The lowest BCUT2D eigenvalue weighted by atomic mass is 10.1. The summed E-state index contributed by atoms with van der Waals surface area (Å²) in [6.45, 7) is 0. The molecule has 3 aromatic rings. The largest absolute Gasteiger partial charge is 0.497 e. The third-order valence-electron chi connectivity index (χ3n) is 3.62. The number of rotatable bonds is 5. The molecule has 118 valence electrons. The van der Waals surface area contributed by atoms with Gasteiger partial charge in [0.1, 0.15) is 17.3 Å². The average Bonchev–Trinajstić information content (AvgIpc) is 3.11. The second-order valence-corrected chi connectivity index (χ2v) is 5.02. The van der Waals surface area contributed by atoms with Crippen molar-refractivity contribution in [3.05, 3.63) is 59.9 Å². The topological polar surface area (TPSA) is 86.0 Å². The Hall–Kier alpha value is -2.86. The number of H-pyrrole nitrogens is 1. The summed E-state index contributed by atoms with van der Waals surface area (Å²) in [6.07, 6.45) is 0. The van der Waals surface area contributed by atoms with Gasteiger partial charge in [0.05, 0.1) is 20.3 Å². The van der Waals surface area contributed by atoms with Gasteiger partial charge in [-0.15, -0.1) is 0 Å². The van der Waals surface area contributed by atoms with Crippen molar-refractivity contribution in [1.29, 1.82) is 0 Å². The molecular weight excluding hydrogens is 292 g/mol. The van der Waals surface area contributed by atoms with Crippen LogP contribution < -0.4 is 15.2 Å². The van der Waals surface area contributed by atoms with Crippen molar-refractivity contribution in [3.63, 3.8) is 0 Å². The Morgan fingerprint density at radius 1 is 0.913 bits per heavy atom. The zero-order chi connectivity index (χ0) is 16.2. The SMILES string of the molecule is COc1ccc(-c2n[nH]c([C@H](N)c3ccc(OC)cc3)n2)cc1. The first-order valence-electron chi connectivity index (χ1n) is 7.17. The van der Waals surface area contributed by atoms with Gasteiger partial charge in [-0.2, -0.15) is 5.10 Å². The van der Waals surface area contributed by atoms with Crippen LogP contribution in [-0.4, -0.2) is 29.4 Å². The number of aromatic amines is 1. The van der Waals surface area contributed by atoms with E-state index in [2.05, 4.69) is 15.2 Å². The van der Waals surface area contributed by atoms with Gasteiger partial charge in [-0.25, -0.2) is 4.98 Å². The van der Waals surface area contributed by atoms with Crippen LogP contribution in [0.25, 0.3) is 11.4 Å². The van der Waals surface area contributed by atoms with E-state index in [-0.39, 0.29) is 6.04 Å². The molecule has 0 saturated carbocycles. The summed E-state index contributed by atoms with van der Waals surface area (Å²) in [5.41, 5.74) is 8.08. The summed E-state index contributed by atoms with van der Waals surface area (Å²) in [7, 11) is 3.26. The van der Waals surface area contributed by atoms with Crippen LogP contribution in [0.4, 0.5) is 0 Å². The molecule has 6 heteroatoms. The highest BCUT2D eigenvalue weighted by molar-refractivity contribution is 5.56. The number of methoxy groups -OCH3 is 2. The van der Waals surface area contributed by atoms with E-state index in [1.54, 1.807) is 14.2 Å². The molecule has 1 atom stereocenters. The van der Waals surface area contributed by atoms with E-state index in [9.17, 15) is 0 Å². The van der Waals surface area contributed by atoms with Crippen LogP contribution in [0.3, 0.4) is 0 Å². The maximum absolute atomic E-state index is 6.25. The molecule has 0 bridgehead atoms. The minimum absolute atomic E-state index is 0.375. The van der Waals surface area contributed by atoms with Crippen LogP contribution in [0.1, 0.15) is 17.4 Å². The maximum Gasteiger partial charge on any atom is 0.181 e. The highest BCUT2D eigenvalue weighted by Crippen LogP contribution is 2.23. The molecule has 0 saturated heterocycles. The molecule has 0 aliphatic rings. The van der Waals surface area contributed by atoms with Gasteiger partial charge >= 0.3 is 0 Å². The van der Waals surface area contributed by atoms with Crippen molar-refractivity contribution in [2.75, 3.05) is 14.2 Å². The Morgan fingerprint density at radius 2 is 1.48 bits per heavy atom. The lowest BCUT2D eigenvalue weighted by Crippen LogP contribution is -2.13. The summed E-state index contributed by atoms with van der Waals surface area (Å²) in [6, 6.07) is 14.8. The van der Waals surface area contributed by atoms with E-state index >= 15 is 0 Å². The lowest BCUT2D eigenvalue weighted by molar-refractivity contribution is 0.414. The van der Waals surface area contributed by atoms with Gasteiger partial charge in [-0.05, 0) is 42.0 Å². The van der Waals surface area contributed by atoms with Crippen LogP contribution in [0.15, 0.2) is 48.5 Å². The molecule has 0 unspecified atom stereocenters. The molecule has 1 heterocycles. The average molecular weight is 310 g/mol. The molecule has 0 fully saturated rings.